The van der Waals surface area contributed by atoms with Gasteiger partial charge in [-0.2, -0.15) is 0 Å². The second-order valence-corrected chi connectivity index (χ2v) is 7.10. The average molecular weight is 439 g/mol. The number of amides is 2. The Morgan fingerprint density at radius 1 is 0.821 bits per heavy atom. The zero-order chi connectivity index (χ0) is 19.9. The molecule has 0 fully saturated rings. The van der Waals surface area contributed by atoms with Gasteiger partial charge in [-0.15, -0.1) is 0 Å². The Morgan fingerprint density at radius 2 is 1.39 bits per heavy atom. The Balaban J connectivity index is 1.50. The molecule has 3 aromatic rings. The average Bonchev–Trinajstić information content (AvgIpc) is 2.69. The van der Waals surface area contributed by atoms with Crippen LogP contribution in [0, 0.1) is 6.92 Å². The minimum atomic E-state index is -0.257. The van der Waals surface area contributed by atoms with Crippen molar-refractivity contribution in [1.82, 2.24) is 0 Å². The molecule has 0 aliphatic rings. The molecule has 5 nitrogen and oxygen atoms in total. The third kappa shape index (κ3) is 5.69. The van der Waals surface area contributed by atoms with Crippen molar-refractivity contribution in [1.29, 1.82) is 0 Å². The lowest BCUT2D eigenvalue weighted by Gasteiger charge is -2.09. The van der Waals surface area contributed by atoms with Crippen molar-refractivity contribution in [2.45, 2.75) is 6.92 Å². The molecule has 0 aliphatic carbocycles. The Bertz CT molecular complexity index is 953. The summed E-state index contributed by atoms with van der Waals surface area (Å²) in [6, 6.07) is 21.5. The molecule has 0 saturated heterocycles. The van der Waals surface area contributed by atoms with Gasteiger partial charge in [-0.1, -0.05) is 33.6 Å². The van der Waals surface area contributed by atoms with Crippen molar-refractivity contribution in [3.05, 3.63) is 88.4 Å². The first-order valence-corrected chi connectivity index (χ1v) is 9.45. The fourth-order valence-electron chi connectivity index (χ4n) is 2.42. The van der Waals surface area contributed by atoms with E-state index < -0.39 is 0 Å². The molecule has 0 atom stereocenters. The standard InChI is InChI=1S/C22H19BrN2O3/c1-15-2-12-20(13-3-15)28-14-21(26)24-18-8-10-19(11-9-18)25-22(27)16-4-6-17(23)7-5-16/h2-13H,14H2,1H3,(H,24,26)(H,25,27). The number of carbonyl (C=O) groups is 2. The zero-order valence-electron chi connectivity index (χ0n) is 15.2. The number of hydrogen-bond donors (Lipinski definition) is 2. The minimum absolute atomic E-state index is 0.0783. The Kier molecular flexibility index (Phi) is 6.45. The predicted octanol–water partition coefficient (Wildman–Crippen LogP) is 5.03. The number of aryl methyl sites for hydroxylation is 1. The van der Waals surface area contributed by atoms with Crippen LogP contribution >= 0.6 is 15.9 Å². The molecule has 3 rings (SSSR count). The normalized spacial score (nSPS) is 10.2. The van der Waals surface area contributed by atoms with Gasteiger partial charge in [0.15, 0.2) is 6.61 Å². The predicted molar refractivity (Wildman–Crippen MR) is 114 cm³/mol. The van der Waals surface area contributed by atoms with Crippen LogP contribution in [-0.4, -0.2) is 18.4 Å². The van der Waals surface area contributed by atoms with Gasteiger partial charge in [0.1, 0.15) is 5.75 Å². The van der Waals surface area contributed by atoms with Crippen molar-refractivity contribution in [3.8, 4) is 5.75 Å². The van der Waals surface area contributed by atoms with Crippen molar-refractivity contribution < 1.29 is 14.3 Å². The fraction of sp³-hybridized carbons (Fsp3) is 0.0909. The highest BCUT2D eigenvalue weighted by Gasteiger charge is 2.07. The summed E-state index contributed by atoms with van der Waals surface area (Å²) in [5, 5.41) is 5.58. The van der Waals surface area contributed by atoms with Crippen LogP contribution in [-0.2, 0) is 4.79 Å². The SMILES string of the molecule is Cc1ccc(OCC(=O)Nc2ccc(NC(=O)c3ccc(Br)cc3)cc2)cc1. The molecule has 6 heteroatoms. The molecule has 0 saturated carbocycles. The number of rotatable bonds is 6. The highest BCUT2D eigenvalue weighted by molar-refractivity contribution is 9.10. The van der Waals surface area contributed by atoms with E-state index in [1.54, 1.807) is 36.4 Å². The topological polar surface area (TPSA) is 67.4 Å². The molecule has 2 N–H and O–H groups in total. The van der Waals surface area contributed by atoms with E-state index in [0.717, 1.165) is 10.0 Å². The van der Waals surface area contributed by atoms with Gasteiger partial charge in [-0.3, -0.25) is 9.59 Å². The quantitative estimate of drug-likeness (QED) is 0.567. The minimum Gasteiger partial charge on any atom is -0.484 e. The van der Waals surface area contributed by atoms with Crippen LogP contribution in [0.3, 0.4) is 0 Å². The summed E-state index contributed by atoms with van der Waals surface area (Å²) in [4.78, 5) is 24.2. The molecular weight excluding hydrogens is 420 g/mol. The maximum atomic E-state index is 12.2. The molecule has 0 aromatic heterocycles. The highest BCUT2D eigenvalue weighted by atomic mass is 79.9. The smallest absolute Gasteiger partial charge is 0.262 e. The number of benzene rings is 3. The number of halogens is 1. The molecule has 0 heterocycles. The second-order valence-electron chi connectivity index (χ2n) is 6.19. The molecule has 2 amide bonds. The van der Waals surface area contributed by atoms with Gasteiger partial charge >= 0.3 is 0 Å². The van der Waals surface area contributed by atoms with Gasteiger partial charge in [0.05, 0.1) is 0 Å². The van der Waals surface area contributed by atoms with E-state index in [9.17, 15) is 9.59 Å². The summed E-state index contributed by atoms with van der Waals surface area (Å²) >= 11 is 3.34. The highest BCUT2D eigenvalue weighted by Crippen LogP contribution is 2.16. The van der Waals surface area contributed by atoms with Crippen molar-refractivity contribution in [2.24, 2.45) is 0 Å². The molecule has 28 heavy (non-hydrogen) atoms. The van der Waals surface area contributed by atoms with Gasteiger partial charge in [0.2, 0.25) is 0 Å². The van der Waals surface area contributed by atoms with Crippen LogP contribution in [0.2, 0.25) is 0 Å². The summed E-state index contributed by atoms with van der Waals surface area (Å²) in [5.41, 5.74) is 2.96. The monoisotopic (exact) mass is 438 g/mol. The fourth-order valence-corrected chi connectivity index (χ4v) is 2.69. The van der Waals surface area contributed by atoms with E-state index in [1.807, 2.05) is 43.3 Å². The number of anilines is 2. The molecule has 3 aromatic carbocycles. The lowest BCUT2D eigenvalue weighted by molar-refractivity contribution is -0.118. The van der Waals surface area contributed by atoms with Gasteiger partial charge in [0, 0.05) is 21.4 Å². The third-order valence-electron chi connectivity index (χ3n) is 3.92. The summed E-state index contributed by atoms with van der Waals surface area (Å²) in [5.74, 6) is 0.190. The Morgan fingerprint density at radius 3 is 2.00 bits per heavy atom. The first-order chi connectivity index (χ1) is 13.5. The third-order valence-corrected chi connectivity index (χ3v) is 4.45. The number of hydrogen-bond acceptors (Lipinski definition) is 3. The van der Waals surface area contributed by atoms with Gasteiger partial charge in [0.25, 0.3) is 11.8 Å². The number of nitrogens with one attached hydrogen (secondary N) is 2. The molecule has 0 radical (unpaired) electrons. The molecule has 142 valence electrons. The van der Waals surface area contributed by atoms with E-state index in [1.165, 1.54) is 0 Å². The first kappa shape index (κ1) is 19.6. The second kappa shape index (κ2) is 9.19. The molecule has 0 spiro atoms. The molecule has 0 unspecified atom stereocenters. The summed E-state index contributed by atoms with van der Waals surface area (Å²) in [6.07, 6.45) is 0. The number of carbonyl (C=O) groups excluding carboxylic acids is 2. The van der Waals surface area contributed by atoms with Crippen molar-refractivity contribution >= 4 is 39.1 Å². The van der Waals surface area contributed by atoms with Crippen LogP contribution in [0.25, 0.3) is 0 Å². The largest absolute Gasteiger partial charge is 0.484 e. The lowest BCUT2D eigenvalue weighted by atomic mass is 10.2. The van der Waals surface area contributed by atoms with Gasteiger partial charge < -0.3 is 15.4 Å². The maximum absolute atomic E-state index is 12.2. The summed E-state index contributed by atoms with van der Waals surface area (Å²) < 4.78 is 6.37. The molecular formula is C22H19BrN2O3. The summed E-state index contributed by atoms with van der Waals surface area (Å²) in [6.45, 7) is 1.91. The molecule has 0 aliphatic heterocycles. The van der Waals surface area contributed by atoms with Crippen molar-refractivity contribution in [2.75, 3.05) is 17.2 Å². The van der Waals surface area contributed by atoms with E-state index in [-0.39, 0.29) is 18.4 Å². The van der Waals surface area contributed by atoms with Gasteiger partial charge in [-0.05, 0) is 67.6 Å². The van der Waals surface area contributed by atoms with E-state index in [2.05, 4.69) is 26.6 Å². The number of ether oxygens (including phenoxy) is 1. The van der Waals surface area contributed by atoms with Crippen molar-refractivity contribution in [3.63, 3.8) is 0 Å². The van der Waals surface area contributed by atoms with Crippen LogP contribution in [0.5, 0.6) is 5.75 Å². The lowest BCUT2D eigenvalue weighted by Crippen LogP contribution is -2.20. The van der Waals surface area contributed by atoms with Crippen LogP contribution in [0.1, 0.15) is 15.9 Å². The van der Waals surface area contributed by atoms with Gasteiger partial charge in [-0.25, -0.2) is 0 Å². The molecule has 0 bridgehead atoms. The summed E-state index contributed by atoms with van der Waals surface area (Å²) in [7, 11) is 0. The maximum Gasteiger partial charge on any atom is 0.262 e. The first-order valence-electron chi connectivity index (χ1n) is 8.66. The van der Waals surface area contributed by atoms with Crippen LogP contribution in [0.4, 0.5) is 11.4 Å². The van der Waals surface area contributed by atoms with Crippen LogP contribution < -0.4 is 15.4 Å². The Labute approximate surface area is 171 Å². The van der Waals surface area contributed by atoms with E-state index in [4.69, 9.17) is 4.74 Å². The zero-order valence-corrected chi connectivity index (χ0v) is 16.8. The van der Waals surface area contributed by atoms with Crippen LogP contribution in [0.15, 0.2) is 77.3 Å². The Hall–Kier alpha value is -3.12. The van der Waals surface area contributed by atoms with E-state index in [0.29, 0.717) is 22.7 Å². The van der Waals surface area contributed by atoms with E-state index >= 15 is 0 Å².